The number of ether oxygens (including phenoxy) is 1. The maximum absolute atomic E-state index is 12.0. The molecule has 1 fully saturated rings. The number of halogens is 1. The molecule has 6 heteroatoms. The molecule has 5 nitrogen and oxygen atoms in total. The molecule has 0 aromatic carbocycles. The van der Waals surface area contributed by atoms with Crippen LogP contribution in [-0.4, -0.2) is 31.1 Å². The molecule has 1 saturated carbocycles. The fraction of sp³-hybridized carbons (Fsp3) is 0.867. The van der Waals surface area contributed by atoms with Crippen LogP contribution in [0, 0.1) is 0 Å². The lowest BCUT2D eigenvalue weighted by Gasteiger charge is -2.31. The molecule has 0 aromatic heterocycles. The summed E-state index contributed by atoms with van der Waals surface area (Å²) in [5.74, 6) is -0.146. The van der Waals surface area contributed by atoms with Crippen molar-refractivity contribution in [2.45, 2.75) is 69.7 Å². The summed E-state index contributed by atoms with van der Waals surface area (Å²) < 4.78 is 4.58. The van der Waals surface area contributed by atoms with E-state index in [4.69, 9.17) is 5.73 Å². The Labute approximate surface area is 133 Å². The van der Waals surface area contributed by atoms with Crippen molar-refractivity contribution in [1.29, 1.82) is 0 Å². The number of hydrogen-bond acceptors (Lipinski definition) is 4. The lowest BCUT2D eigenvalue weighted by atomic mass is 9.82. The smallest absolute Gasteiger partial charge is 0.305 e. The summed E-state index contributed by atoms with van der Waals surface area (Å²) in [6.45, 7) is 0.677. The van der Waals surface area contributed by atoms with Crippen molar-refractivity contribution in [2.75, 3.05) is 13.7 Å². The van der Waals surface area contributed by atoms with E-state index in [1.165, 1.54) is 13.5 Å². The monoisotopic (exact) mass is 320 g/mol. The van der Waals surface area contributed by atoms with Gasteiger partial charge in [-0.1, -0.05) is 32.1 Å². The van der Waals surface area contributed by atoms with E-state index < -0.39 is 5.54 Å². The highest BCUT2D eigenvalue weighted by Crippen LogP contribution is 2.25. The van der Waals surface area contributed by atoms with Crippen molar-refractivity contribution in [3.05, 3.63) is 0 Å². The van der Waals surface area contributed by atoms with E-state index in [9.17, 15) is 9.59 Å². The van der Waals surface area contributed by atoms with Crippen LogP contribution in [-0.2, 0) is 14.3 Å². The molecule has 1 aliphatic carbocycles. The first-order valence-corrected chi connectivity index (χ1v) is 7.72. The first-order valence-electron chi connectivity index (χ1n) is 7.72. The van der Waals surface area contributed by atoms with Gasteiger partial charge in [0.25, 0.3) is 0 Å². The van der Waals surface area contributed by atoms with Crippen molar-refractivity contribution >= 4 is 24.3 Å². The number of carbonyl (C=O) groups is 2. The average Bonchev–Trinajstić information content (AvgIpc) is 2.46. The zero-order valence-corrected chi connectivity index (χ0v) is 13.8. The van der Waals surface area contributed by atoms with Crippen LogP contribution in [0.2, 0.25) is 0 Å². The molecule has 0 radical (unpaired) electrons. The number of carbonyl (C=O) groups excluding carboxylic acids is 2. The van der Waals surface area contributed by atoms with Gasteiger partial charge in [0.1, 0.15) is 0 Å². The van der Waals surface area contributed by atoms with Gasteiger partial charge in [-0.15, -0.1) is 12.4 Å². The van der Waals surface area contributed by atoms with Gasteiger partial charge in [0.05, 0.1) is 12.6 Å². The highest BCUT2D eigenvalue weighted by Gasteiger charge is 2.34. The normalized spacial score (nSPS) is 16.7. The Balaban J connectivity index is 0.00000400. The Hall–Kier alpha value is -0.810. The van der Waals surface area contributed by atoms with Crippen LogP contribution in [0.5, 0.6) is 0 Å². The van der Waals surface area contributed by atoms with Gasteiger partial charge in [-0.25, -0.2) is 0 Å². The number of amides is 1. The minimum atomic E-state index is -0.636. The summed E-state index contributed by atoms with van der Waals surface area (Å²) in [6, 6.07) is 0. The molecule has 0 unspecified atom stereocenters. The molecular weight excluding hydrogens is 292 g/mol. The molecule has 0 aromatic rings. The molecule has 0 aliphatic heterocycles. The van der Waals surface area contributed by atoms with Gasteiger partial charge < -0.3 is 15.8 Å². The Morgan fingerprint density at radius 3 is 2.33 bits per heavy atom. The van der Waals surface area contributed by atoms with Crippen molar-refractivity contribution in [3.8, 4) is 0 Å². The second kappa shape index (κ2) is 10.9. The molecule has 1 amide bonds. The average molecular weight is 321 g/mol. The maximum atomic E-state index is 12.0. The van der Waals surface area contributed by atoms with E-state index in [2.05, 4.69) is 10.1 Å². The van der Waals surface area contributed by atoms with Gasteiger partial charge in [-0.2, -0.15) is 0 Å². The van der Waals surface area contributed by atoms with E-state index in [-0.39, 0.29) is 24.3 Å². The van der Waals surface area contributed by atoms with Crippen LogP contribution >= 0.6 is 12.4 Å². The van der Waals surface area contributed by atoms with E-state index in [1.807, 2.05) is 0 Å². The summed E-state index contributed by atoms with van der Waals surface area (Å²) in [6.07, 6.45) is 9.16. The summed E-state index contributed by atoms with van der Waals surface area (Å²) in [5, 5.41) is 2.95. The van der Waals surface area contributed by atoms with E-state index in [0.717, 1.165) is 51.4 Å². The number of rotatable bonds is 8. The van der Waals surface area contributed by atoms with Crippen molar-refractivity contribution < 1.29 is 14.3 Å². The highest BCUT2D eigenvalue weighted by molar-refractivity contribution is 5.86. The zero-order valence-electron chi connectivity index (χ0n) is 13.0. The summed E-state index contributed by atoms with van der Waals surface area (Å²) >= 11 is 0. The van der Waals surface area contributed by atoms with Gasteiger partial charge in [0.15, 0.2) is 0 Å². The van der Waals surface area contributed by atoms with Gasteiger partial charge in [-0.3, -0.25) is 9.59 Å². The van der Waals surface area contributed by atoms with Crippen molar-refractivity contribution in [1.82, 2.24) is 5.32 Å². The first-order chi connectivity index (χ1) is 9.58. The van der Waals surface area contributed by atoms with Gasteiger partial charge >= 0.3 is 5.97 Å². The van der Waals surface area contributed by atoms with Crippen molar-refractivity contribution in [3.63, 3.8) is 0 Å². The van der Waals surface area contributed by atoms with E-state index in [1.54, 1.807) is 0 Å². The van der Waals surface area contributed by atoms with E-state index >= 15 is 0 Å². The Bertz CT molecular complexity index is 318. The second-order valence-corrected chi connectivity index (χ2v) is 5.71. The lowest BCUT2D eigenvalue weighted by Crippen LogP contribution is -2.55. The minimum Gasteiger partial charge on any atom is -0.469 e. The Kier molecular flexibility index (Phi) is 10.4. The fourth-order valence-corrected chi connectivity index (χ4v) is 2.64. The predicted molar refractivity (Wildman–Crippen MR) is 85.4 cm³/mol. The molecule has 21 heavy (non-hydrogen) atoms. The van der Waals surface area contributed by atoms with Gasteiger partial charge in [0.2, 0.25) is 5.91 Å². The Morgan fingerprint density at radius 1 is 1.10 bits per heavy atom. The topological polar surface area (TPSA) is 81.4 Å². The second-order valence-electron chi connectivity index (χ2n) is 5.71. The number of nitrogens with two attached hydrogens (primary N) is 1. The fourth-order valence-electron chi connectivity index (χ4n) is 2.64. The SMILES string of the molecule is COC(=O)CCCCCCNC(=O)C1(N)CCCCC1.Cl. The van der Waals surface area contributed by atoms with Crippen LogP contribution in [0.25, 0.3) is 0 Å². The zero-order chi connectivity index (χ0) is 14.8. The lowest BCUT2D eigenvalue weighted by molar-refractivity contribution is -0.140. The van der Waals surface area contributed by atoms with E-state index in [0.29, 0.717) is 13.0 Å². The highest BCUT2D eigenvalue weighted by atomic mass is 35.5. The molecular formula is C15H29ClN2O3. The predicted octanol–water partition coefficient (Wildman–Crippen LogP) is 2.31. The van der Waals surface area contributed by atoms with Crippen LogP contribution < -0.4 is 11.1 Å². The first kappa shape index (κ1) is 20.2. The summed E-state index contributed by atoms with van der Waals surface area (Å²) in [4.78, 5) is 22.9. The third kappa shape index (κ3) is 7.67. The molecule has 1 rings (SSSR count). The van der Waals surface area contributed by atoms with Gasteiger partial charge in [0, 0.05) is 13.0 Å². The van der Waals surface area contributed by atoms with Crippen molar-refractivity contribution in [2.24, 2.45) is 5.73 Å². The summed E-state index contributed by atoms with van der Waals surface area (Å²) in [7, 11) is 1.41. The number of esters is 1. The number of unbranched alkanes of at least 4 members (excludes halogenated alkanes) is 3. The largest absolute Gasteiger partial charge is 0.469 e. The number of methoxy groups -OCH3 is 1. The number of nitrogens with one attached hydrogen (secondary N) is 1. The maximum Gasteiger partial charge on any atom is 0.305 e. The molecule has 3 N–H and O–H groups in total. The molecule has 0 saturated heterocycles. The molecule has 0 bridgehead atoms. The third-order valence-corrected chi connectivity index (χ3v) is 4.02. The standard InChI is InChI=1S/C15H28N2O3.ClH/c1-20-13(18)9-5-2-3-8-12-17-14(19)15(16)10-6-4-7-11-15;/h2-12,16H2,1H3,(H,17,19);1H. The number of hydrogen-bond donors (Lipinski definition) is 2. The van der Waals surface area contributed by atoms with Crippen LogP contribution in [0.15, 0.2) is 0 Å². The minimum absolute atomic E-state index is 0. The third-order valence-electron chi connectivity index (χ3n) is 4.02. The molecule has 0 heterocycles. The molecule has 1 aliphatic rings. The quantitative estimate of drug-likeness (QED) is 0.531. The Morgan fingerprint density at radius 2 is 1.71 bits per heavy atom. The van der Waals surface area contributed by atoms with Crippen LogP contribution in [0.1, 0.15) is 64.2 Å². The van der Waals surface area contributed by atoms with Crippen LogP contribution in [0.4, 0.5) is 0 Å². The molecule has 0 spiro atoms. The van der Waals surface area contributed by atoms with Gasteiger partial charge in [-0.05, 0) is 25.7 Å². The summed E-state index contributed by atoms with van der Waals surface area (Å²) in [5.41, 5.74) is 5.51. The molecule has 0 atom stereocenters. The van der Waals surface area contributed by atoms with Crippen LogP contribution in [0.3, 0.4) is 0 Å². The molecule has 124 valence electrons.